The van der Waals surface area contributed by atoms with Crippen molar-refractivity contribution in [2.45, 2.75) is 25.1 Å². The van der Waals surface area contributed by atoms with Gasteiger partial charge in [0.1, 0.15) is 18.0 Å². The molecule has 3 heterocycles. The first-order chi connectivity index (χ1) is 16.4. The average Bonchev–Trinajstić information content (AvgIpc) is 3.46. The summed E-state index contributed by atoms with van der Waals surface area (Å²) in [5.41, 5.74) is 1.47. The van der Waals surface area contributed by atoms with Crippen LogP contribution in [-0.2, 0) is 6.54 Å². The van der Waals surface area contributed by atoms with Crippen LogP contribution in [0, 0.1) is 5.82 Å². The van der Waals surface area contributed by atoms with Gasteiger partial charge in [-0.05, 0) is 41.5 Å². The number of benzene rings is 2. The Morgan fingerprint density at radius 2 is 1.82 bits per heavy atom. The van der Waals surface area contributed by atoms with Gasteiger partial charge in [0, 0.05) is 30.1 Å². The Bertz CT molecular complexity index is 1350. The summed E-state index contributed by atoms with van der Waals surface area (Å²) in [6.45, 7) is 0.121. The highest BCUT2D eigenvalue weighted by Gasteiger charge is 2.39. The highest BCUT2D eigenvalue weighted by atomic mass is 19.3. The van der Waals surface area contributed by atoms with E-state index < -0.39 is 36.2 Å². The molecule has 2 aromatic carbocycles. The van der Waals surface area contributed by atoms with Crippen LogP contribution in [0.2, 0.25) is 0 Å². The fourth-order valence-corrected chi connectivity index (χ4v) is 3.91. The van der Waals surface area contributed by atoms with E-state index in [0.29, 0.717) is 11.1 Å². The third-order valence-corrected chi connectivity index (χ3v) is 5.49. The van der Waals surface area contributed by atoms with Gasteiger partial charge in [0.15, 0.2) is 5.82 Å². The van der Waals surface area contributed by atoms with Gasteiger partial charge in [-0.3, -0.25) is 4.79 Å². The standard InChI is InChI=1S/C23H16F3N5O3/c24-15-4-1-3-12(9-15)18(32)17(20-27-7-2-8-28-20)31-11-14-6-5-13(10-16(14)23(31)33)21-29-30-22(34-21)19(25)26/h1-10,17-19,32H,11H2. The summed E-state index contributed by atoms with van der Waals surface area (Å²) in [5, 5.41) is 18.1. The molecule has 1 amide bonds. The van der Waals surface area contributed by atoms with Gasteiger partial charge < -0.3 is 14.4 Å². The van der Waals surface area contributed by atoms with Crippen molar-refractivity contribution in [2.75, 3.05) is 0 Å². The van der Waals surface area contributed by atoms with Crippen molar-refractivity contribution in [1.82, 2.24) is 25.1 Å². The quantitative estimate of drug-likeness (QED) is 0.456. The van der Waals surface area contributed by atoms with Gasteiger partial charge in [0.05, 0.1) is 0 Å². The zero-order chi connectivity index (χ0) is 23.8. The molecule has 172 valence electrons. The van der Waals surface area contributed by atoms with Crippen molar-refractivity contribution in [2.24, 2.45) is 0 Å². The lowest BCUT2D eigenvalue weighted by Crippen LogP contribution is -2.34. The summed E-state index contributed by atoms with van der Waals surface area (Å²) in [6, 6.07) is 10.7. The molecule has 0 saturated carbocycles. The summed E-state index contributed by atoms with van der Waals surface area (Å²) in [6.07, 6.45) is -1.27. The molecule has 1 aliphatic heterocycles. The number of hydrogen-bond donors (Lipinski definition) is 1. The van der Waals surface area contributed by atoms with Gasteiger partial charge in [-0.2, -0.15) is 8.78 Å². The van der Waals surface area contributed by atoms with Crippen molar-refractivity contribution in [1.29, 1.82) is 0 Å². The van der Waals surface area contributed by atoms with Crippen LogP contribution in [0.1, 0.15) is 51.8 Å². The van der Waals surface area contributed by atoms with Crippen LogP contribution >= 0.6 is 0 Å². The van der Waals surface area contributed by atoms with Crippen molar-refractivity contribution in [3.05, 3.63) is 95.1 Å². The van der Waals surface area contributed by atoms with E-state index in [1.165, 1.54) is 41.6 Å². The molecule has 0 bridgehead atoms. The molecule has 4 aromatic rings. The number of nitrogens with zero attached hydrogens (tertiary/aromatic N) is 5. The molecule has 8 nitrogen and oxygen atoms in total. The van der Waals surface area contributed by atoms with E-state index in [0.717, 1.165) is 0 Å². The van der Waals surface area contributed by atoms with Crippen molar-refractivity contribution in [3.63, 3.8) is 0 Å². The van der Waals surface area contributed by atoms with Crippen LogP contribution in [0.4, 0.5) is 13.2 Å². The SMILES string of the molecule is O=C1c2cc(-c3nnc(C(F)F)o3)ccc2CN1C(c1ncccn1)C(O)c1cccc(F)c1. The molecule has 5 rings (SSSR count). The van der Waals surface area contributed by atoms with Crippen LogP contribution in [-0.4, -0.2) is 36.1 Å². The molecule has 2 unspecified atom stereocenters. The van der Waals surface area contributed by atoms with Crippen molar-refractivity contribution >= 4 is 5.91 Å². The topological polar surface area (TPSA) is 105 Å². The van der Waals surface area contributed by atoms with Crippen LogP contribution in [0.15, 0.2) is 65.3 Å². The molecule has 0 fully saturated rings. The zero-order valence-electron chi connectivity index (χ0n) is 17.3. The number of rotatable bonds is 6. The molecular formula is C23H16F3N5O3. The first kappa shape index (κ1) is 21.7. The minimum Gasteiger partial charge on any atom is -0.415 e. The van der Waals surface area contributed by atoms with E-state index >= 15 is 0 Å². The Hall–Kier alpha value is -4.12. The number of fused-ring (bicyclic) bond motifs is 1. The Morgan fingerprint density at radius 3 is 2.53 bits per heavy atom. The van der Waals surface area contributed by atoms with Crippen LogP contribution < -0.4 is 0 Å². The van der Waals surface area contributed by atoms with Gasteiger partial charge in [-0.15, -0.1) is 10.2 Å². The molecule has 1 aliphatic rings. The van der Waals surface area contributed by atoms with Crippen LogP contribution in [0.25, 0.3) is 11.5 Å². The van der Waals surface area contributed by atoms with Crippen LogP contribution in [0.3, 0.4) is 0 Å². The first-order valence-corrected chi connectivity index (χ1v) is 10.2. The number of carbonyl (C=O) groups excluding carboxylic acids is 1. The fourth-order valence-electron chi connectivity index (χ4n) is 3.91. The predicted octanol–water partition coefficient (Wildman–Crippen LogP) is 4.03. The first-order valence-electron chi connectivity index (χ1n) is 10.2. The minimum atomic E-state index is -2.91. The summed E-state index contributed by atoms with van der Waals surface area (Å²) < 4.78 is 44.4. The summed E-state index contributed by atoms with van der Waals surface area (Å²) >= 11 is 0. The molecule has 2 atom stereocenters. The largest absolute Gasteiger partial charge is 0.415 e. The summed E-state index contributed by atoms with van der Waals surface area (Å²) in [5.74, 6) is -1.76. The number of alkyl halides is 2. The molecule has 0 spiro atoms. The van der Waals surface area contributed by atoms with E-state index in [4.69, 9.17) is 4.42 Å². The second-order valence-electron chi connectivity index (χ2n) is 7.60. The van der Waals surface area contributed by atoms with E-state index in [-0.39, 0.29) is 29.4 Å². The average molecular weight is 467 g/mol. The lowest BCUT2D eigenvalue weighted by Gasteiger charge is -2.30. The normalized spacial score (nSPS) is 15.0. The Labute approximate surface area is 190 Å². The number of aromatic nitrogens is 4. The molecule has 0 radical (unpaired) electrons. The smallest absolute Gasteiger partial charge is 0.314 e. The van der Waals surface area contributed by atoms with E-state index in [1.807, 2.05) is 0 Å². The highest BCUT2D eigenvalue weighted by molar-refractivity contribution is 5.99. The van der Waals surface area contributed by atoms with Gasteiger partial charge in [0.2, 0.25) is 5.89 Å². The van der Waals surface area contributed by atoms with Gasteiger partial charge in [-0.1, -0.05) is 18.2 Å². The number of halogens is 3. The van der Waals surface area contributed by atoms with Crippen LogP contribution in [0.5, 0.6) is 0 Å². The number of aliphatic hydroxyl groups excluding tert-OH is 1. The molecule has 34 heavy (non-hydrogen) atoms. The lowest BCUT2D eigenvalue weighted by molar-refractivity contribution is 0.0331. The molecule has 0 aliphatic carbocycles. The Balaban J connectivity index is 1.51. The minimum absolute atomic E-state index is 0.121. The van der Waals surface area contributed by atoms with Crippen molar-refractivity contribution in [3.8, 4) is 11.5 Å². The van der Waals surface area contributed by atoms with Crippen molar-refractivity contribution < 1.29 is 27.5 Å². The third-order valence-electron chi connectivity index (χ3n) is 5.49. The second kappa shape index (κ2) is 8.67. The predicted molar refractivity (Wildman–Crippen MR) is 111 cm³/mol. The third kappa shape index (κ3) is 3.90. The van der Waals surface area contributed by atoms with Gasteiger partial charge in [-0.25, -0.2) is 14.4 Å². The Morgan fingerprint density at radius 1 is 1.03 bits per heavy atom. The Kier molecular flexibility index (Phi) is 5.54. The molecule has 0 saturated heterocycles. The molecule has 11 heteroatoms. The molecule has 2 aromatic heterocycles. The monoisotopic (exact) mass is 467 g/mol. The zero-order valence-corrected chi connectivity index (χ0v) is 17.3. The number of carbonyl (C=O) groups is 1. The highest BCUT2D eigenvalue weighted by Crippen LogP contribution is 2.39. The van der Waals surface area contributed by atoms with E-state index in [9.17, 15) is 23.1 Å². The van der Waals surface area contributed by atoms with Gasteiger partial charge >= 0.3 is 6.43 Å². The summed E-state index contributed by atoms with van der Waals surface area (Å²) in [7, 11) is 0. The molecule has 1 N–H and O–H groups in total. The van der Waals surface area contributed by atoms with Gasteiger partial charge in [0.25, 0.3) is 11.8 Å². The number of amides is 1. The maximum absolute atomic E-state index is 13.8. The lowest BCUT2D eigenvalue weighted by atomic mass is 10.00. The van der Waals surface area contributed by atoms with E-state index in [1.54, 1.807) is 24.3 Å². The summed E-state index contributed by atoms with van der Waals surface area (Å²) in [4.78, 5) is 23.2. The maximum atomic E-state index is 13.8. The van der Waals surface area contributed by atoms with E-state index in [2.05, 4.69) is 20.2 Å². The molecular weight excluding hydrogens is 451 g/mol. The fraction of sp³-hybridized carbons (Fsp3) is 0.174. The second-order valence-corrected chi connectivity index (χ2v) is 7.60. The number of aliphatic hydroxyl groups is 1. The maximum Gasteiger partial charge on any atom is 0.314 e. The number of hydrogen-bond acceptors (Lipinski definition) is 7.